The first-order chi connectivity index (χ1) is 23.4. The SMILES string of the molecule is CCCCCCCCCCCCCCC(=O)OC[C@@H](COC(=O)CCCCCCCCC)OC(=O)CCCCCCCCCCC(C)C. The van der Waals surface area contributed by atoms with Gasteiger partial charge in [0.1, 0.15) is 13.2 Å². The van der Waals surface area contributed by atoms with E-state index < -0.39 is 6.10 Å². The lowest BCUT2D eigenvalue weighted by Crippen LogP contribution is -2.30. The molecule has 1 atom stereocenters. The van der Waals surface area contributed by atoms with E-state index in [2.05, 4.69) is 27.7 Å². The summed E-state index contributed by atoms with van der Waals surface area (Å²) in [5.41, 5.74) is 0. The molecule has 0 rings (SSSR count). The van der Waals surface area contributed by atoms with Crippen LogP contribution < -0.4 is 0 Å². The number of ether oxygens (including phenoxy) is 3. The van der Waals surface area contributed by atoms with Crippen LogP contribution in [0.3, 0.4) is 0 Å². The molecule has 284 valence electrons. The Labute approximate surface area is 298 Å². The second-order valence-electron chi connectivity index (χ2n) is 14.7. The maximum Gasteiger partial charge on any atom is 0.306 e. The van der Waals surface area contributed by atoms with Crippen LogP contribution in [0.1, 0.15) is 227 Å². The molecule has 0 fully saturated rings. The topological polar surface area (TPSA) is 78.9 Å². The second kappa shape index (κ2) is 36.7. The van der Waals surface area contributed by atoms with E-state index in [9.17, 15) is 14.4 Å². The molecule has 0 aliphatic rings. The quantitative estimate of drug-likeness (QED) is 0.0369. The molecule has 0 amide bonds. The van der Waals surface area contributed by atoms with Crippen molar-refractivity contribution >= 4 is 17.9 Å². The zero-order valence-electron chi connectivity index (χ0n) is 32.4. The Hall–Kier alpha value is -1.59. The third-order valence-electron chi connectivity index (χ3n) is 9.29. The lowest BCUT2D eigenvalue weighted by molar-refractivity contribution is -0.167. The molecule has 0 aromatic heterocycles. The fourth-order valence-electron chi connectivity index (χ4n) is 6.10. The van der Waals surface area contributed by atoms with Crippen molar-refractivity contribution < 1.29 is 28.6 Å². The maximum atomic E-state index is 12.6. The van der Waals surface area contributed by atoms with Gasteiger partial charge in [0.15, 0.2) is 6.10 Å². The van der Waals surface area contributed by atoms with Crippen molar-refractivity contribution in [2.75, 3.05) is 13.2 Å². The summed E-state index contributed by atoms with van der Waals surface area (Å²) in [5.74, 6) is -0.0744. The van der Waals surface area contributed by atoms with Crippen LogP contribution in [0, 0.1) is 5.92 Å². The largest absolute Gasteiger partial charge is 0.462 e. The van der Waals surface area contributed by atoms with Gasteiger partial charge in [-0.1, -0.05) is 188 Å². The number of hydrogen-bond acceptors (Lipinski definition) is 6. The normalized spacial score (nSPS) is 11.9. The van der Waals surface area contributed by atoms with Gasteiger partial charge in [-0.2, -0.15) is 0 Å². The van der Waals surface area contributed by atoms with Crippen LogP contribution in [0.5, 0.6) is 0 Å². The highest BCUT2D eigenvalue weighted by Gasteiger charge is 2.19. The first-order valence-electron chi connectivity index (χ1n) is 20.9. The Morgan fingerprint density at radius 1 is 0.396 bits per heavy atom. The summed E-state index contributed by atoms with van der Waals surface area (Å²) in [4.78, 5) is 37.4. The molecule has 0 aromatic rings. The number of esters is 3. The van der Waals surface area contributed by atoms with Crippen LogP contribution >= 0.6 is 0 Å². The van der Waals surface area contributed by atoms with Crippen molar-refractivity contribution in [1.82, 2.24) is 0 Å². The van der Waals surface area contributed by atoms with Gasteiger partial charge in [0, 0.05) is 19.3 Å². The number of hydrogen-bond donors (Lipinski definition) is 0. The lowest BCUT2D eigenvalue weighted by Gasteiger charge is -2.18. The molecule has 0 aliphatic carbocycles. The van der Waals surface area contributed by atoms with Crippen LogP contribution in [-0.2, 0) is 28.6 Å². The standard InChI is InChI=1S/C42H80O6/c1-5-7-9-11-13-14-15-16-17-22-26-30-34-41(44)47-37-39(36-46-40(43)33-29-25-20-12-10-8-6-2)48-42(45)35-31-27-23-19-18-21-24-28-32-38(3)4/h38-39H,5-37H2,1-4H3/t39-/m1/s1. The van der Waals surface area contributed by atoms with Gasteiger partial charge in [-0.15, -0.1) is 0 Å². The number of rotatable bonds is 37. The van der Waals surface area contributed by atoms with Gasteiger partial charge in [0.25, 0.3) is 0 Å². The van der Waals surface area contributed by atoms with E-state index in [0.717, 1.165) is 63.7 Å². The number of unbranched alkanes of at least 4 members (excludes halogenated alkanes) is 24. The minimum absolute atomic E-state index is 0.0651. The summed E-state index contributed by atoms with van der Waals surface area (Å²) in [6.07, 6.45) is 33.8. The highest BCUT2D eigenvalue weighted by atomic mass is 16.6. The Morgan fingerprint density at radius 2 is 0.688 bits per heavy atom. The predicted octanol–water partition coefficient (Wildman–Crippen LogP) is 12.8. The Bertz CT molecular complexity index is 721. The molecule has 0 spiro atoms. The molecule has 0 bridgehead atoms. The number of carbonyl (C=O) groups excluding carboxylic acids is 3. The van der Waals surface area contributed by atoms with Crippen molar-refractivity contribution in [3.05, 3.63) is 0 Å². The van der Waals surface area contributed by atoms with Gasteiger partial charge in [-0.3, -0.25) is 14.4 Å². The molecule has 0 aliphatic heterocycles. The van der Waals surface area contributed by atoms with Crippen LogP contribution in [0.4, 0.5) is 0 Å². The molecule has 6 nitrogen and oxygen atoms in total. The van der Waals surface area contributed by atoms with Crippen LogP contribution in [0.15, 0.2) is 0 Å². The molecular weight excluding hydrogens is 600 g/mol. The van der Waals surface area contributed by atoms with E-state index in [0.29, 0.717) is 19.3 Å². The first kappa shape index (κ1) is 46.4. The molecule has 48 heavy (non-hydrogen) atoms. The van der Waals surface area contributed by atoms with E-state index in [1.54, 1.807) is 0 Å². The molecule has 0 saturated carbocycles. The molecule has 0 aromatic carbocycles. The number of carbonyl (C=O) groups is 3. The van der Waals surface area contributed by atoms with E-state index in [4.69, 9.17) is 14.2 Å². The Morgan fingerprint density at radius 3 is 1.02 bits per heavy atom. The monoisotopic (exact) mass is 681 g/mol. The fourth-order valence-corrected chi connectivity index (χ4v) is 6.10. The minimum atomic E-state index is -0.757. The van der Waals surface area contributed by atoms with Crippen molar-refractivity contribution in [1.29, 1.82) is 0 Å². The van der Waals surface area contributed by atoms with Gasteiger partial charge in [0.05, 0.1) is 0 Å². The van der Waals surface area contributed by atoms with Gasteiger partial charge < -0.3 is 14.2 Å². The highest BCUT2D eigenvalue weighted by Crippen LogP contribution is 2.15. The van der Waals surface area contributed by atoms with Gasteiger partial charge in [-0.25, -0.2) is 0 Å². The summed E-state index contributed by atoms with van der Waals surface area (Å²) >= 11 is 0. The van der Waals surface area contributed by atoms with Crippen LogP contribution in [0.2, 0.25) is 0 Å². The summed E-state index contributed by atoms with van der Waals surface area (Å²) in [6.45, 7) is 8.90. The fraction of sp³-hybridized carbons (Fsp3) is 0.929. The molecule has 0 heterocycles. The summed E-state index contributed by atoms with van der Waals surface area (Å²) < 4.78 is 16.6. The second-order valence-corrected chi connectivity index (χ2v) is 14.7. The van der Waals surface area contributed by atoms with Crippen molar-refractivity contribution in [3.63, 3.8) is 0 Å². The Kier molecular flexibility index (Phi) is 35.5. The van der Waals surface area contributed by atoms with Gasteiger partial charge >= 0.3 is 17.9 Å². The summed E-state index contributed by atoms with van der Waals surface area (Å²) in [5, 5.41) is 0. The van der Waals surface area contributed by atoms with Gasteiger partial charge in [0.2, 0.25) is 0 Å². The van der Waals surface area contributed by atoms with E-state index in [1.165, 1.54) is 122 Å². The molecule has 0 N–H and O–H groups in total. The first-order valence-corrected chi connectivity index (χ1v) is 20.9. The average molecular weight is 681 g/mol. The Balaban J connectivity index is 4.31. The van der Waals surface area contributed by atoms with E-state index in [1.807, 2.05) is 0 Å². The maximum absolute atomic E-state index is 12.6. The molecular formula is C42H80O6. The zero-order chi connectivity index (χ0) is 35.3. The van der Waals surface area contributed by atoms with Gasteiger partial charge in [-0.05, 0) is 25.2 Å². The smallest absolute Gasteiger partial charge is 0.306 e. The minimum Gasteiger partial charge on any atom is -0.462 e. The third kappa shape index (κ3) is 35.7. The average Bonchev–Trinajstić information content (AvgIpc) is 3.06. The van der Waals surface area contributed by atoms with E-state index >= 15 is 0 Å². The third-order valence-corrected chi connectivity index (χ3v) is 9.29. The van der Waals surface area contributed by atoms with Crippen molar-refractivity contribution in [2.45, 2.75) is 233 Å². The zero-order valence-corrected chi connectivity index (χ0v) is 32.4. The van der Waals surface area contributed by atoms with Crippen molar-refractivity contribution in [2.24, 2.45) is 5.92 Å². The molecule has 6 heteroatoms. The highest BCUT2D eigenvalue weighted by molar-refractivity contribution is 5.71. The summed E-state index contributed by atoms with van der Waals surface area (Å²) in [7, 11) is 0. The molecule has 0 unspecified atom stereocenters. The summed E-state index contributed by atoms with van der Waals surface area (Å²) in [6, 6.07) is 0. The van der Waals surface area contributed by atoms with Crippen LogP contribution in [-0.4, -0.2) is 37.2 Å². The predicted molar refractivity (Wildman–Crippen MR) is 201 cm³/mol. The molecule has 0 radical (unpaired) electrons. The van der Waals surface area contributed by atoms with Crippen molar-refractivity contribution in [3.8, 4) is 0 Å². The van der Waals surface area contributed by atoms with E-state index in [-0.39, 0.29) is 31.1 Å². The lowest BCUT2D eigenvalue weighted by atomic mass is 10.0. The van der Waals surface area contributed by atoms with Crippen LogP contribution in [0.25, 0.3) is 0 Å². The molecule has 0 saturated heterocycles.